The zero-order valence-electron chi connectivity index (χ0n) is 7.98. The van der Waals surface area contributed by atoms with Gasteiger partial charge in [0.15, 0.2) is 0 Å². The summed E-state index contributed by atoms with van der Waals surface area (Å²) < 4.78 is 5.10. The topological polar surface area (TPSA) is 25.0 Å². The summed E-state index contributed by atoms with van der Waals surface area (Å²) in [6.07, 6.45) is 1.42. The highest BCUT2D eigenvalue weighted by Crippen LogP contribution is 2.27. The second kappa shape index (κ2) is 3.26. The van der Waals surface area contributed by atoms with E-state index in [9.17, 15) is 0 Å². The fraction of sp³-hybridized carbons (Fsp3) is 0.455. The second-order valence-electron chi connectivity index (χ2n) is 3.73. The van der Waals surface area contributed by atoms with Crippen molar-refractivity contribution < 1.29 is 9.57 Å². The average molecular weight is 191 g/mol. The largest absolute Gasteiger partial charge is 0.371 e. The summed E-state index contributed by atoms with van der Waals surface area (Å²) in [6.45, 7) is 2.51. The van der Waals surface area contributed by atoms with Crippen LogP contribution in [0.2, 0.25) is 0 Å². The van der Waals surface area contributed by atoms with E-state index in [4.69, 9.17) is 9.57 Å². The van der Waals surface area contributed by atoms with Crippen molar-refractivity contribution in [2.75, 3.05) is 24.8 Å². The van der Waals surface area contributed by atoms with Crippen LogP contribution < -0.4 is 5.06 Å². The predicted octanol–water partition coefficient (Wildman–Crippen LogP) is 1.38. The number of rotatable bonds is 3. The van der Waals surface area contributed by atoms with E-state index in [2.05, 4.69) is 18.2 Å². The predicted molar refractivity (Wildman–Crippen MR) is 53.2 cm³/mol. The molecule has 1 atom stereocenters. The number of nitrogens with zero attached hydrogens (tertiary/aromatic N) is 1. The molecule has 3 nitrogen and oxygen atoms in total. The zero-order chi connectivity index (χ0) is 9.38. The second-order valence-corrected chi connectivity index (χ2v) is 3.73. The van der Waals surface area contributed by atoms with E-state index < -0.39 is 0 Å². The molecule has 3 rings (SSSR count). The minimum absolute atomic E-state index is 0.336. The van der Waals surface area contributed by atoms with Gasteiger partial charge in [-0.2, -0.15) is 0 Å². The van der Waals surface area contributed by atoms with Gasteiger partial charge >= 0.3 is 0 Å². The van der Waals surface area contributed by atoms with Crippen LogP contribution in [0.1, 0.15) is 5.56 Å². The number of anilines is 1. The van der Waals surface area contributed by atoms with E-state index in [0.29, 0.717) is 12.7 Å². The molecule has 0 aromatic heterocycles. The molecule has 1 aromatic rings. The third kappa shape index (κ3) is 1.49. The van der Waals surface area contributed by atoms with Gasteiger partial charge in [0.1, 0.15) is 12.7 Å². The van der Waals surface area contributed by atoms with Crippen LogP contribution in [0.15, 0.2) is 24.3 Å². The highest BCUT2D eigenvalue weighted by Gasteiger charge is 2.26. The highest BCUT2D eigenvalue weighted by molar-refractivity contribution is 5.55. The van der Waals surface area contributed by atoms with Crippen molar-refractivity contribution in [1.82, 2.24) is 0 Å². The van der Waals surface area contributed by atoms with Crippen molar-refractivity contribution in [1.29, 1.82) is 0 Å². The van der Waals surface area contributed by atoms with Gasteiger partial charge in [-0.25, -0.2) is 0 Å². The Morgan fingerprint density at radius 1 is 1.43 bits per heavy atom. The highest BCUT2D eigenvalue weighted by atomic mass is 16.7. The smallest absolute Gasteiger partial charge is 0.107 e. The lowest BCUT2D eigenvalue weighted by molar-refractivity contribution is 0.0975. The van der Waals surface area contributed by atoms with E-state index in [1.165, 1.54) is 11.3 Å². The molecular weight excluding hydrogens is 178 g/mol. The summed E-state index contributed by atoms with van der Waals surface area (Å²) in [5.74, 6) is 0. The Bertz CT molecular complexity index is 336. The van der Waals surface area contributed by atoms with Crippen molar-refractivity contribution >= 4 is 5.69 Å². The number of fused-ring (bicyclic) bond motifs is 1. The van der Waals surface area contributed by atoms with Gasteiger partial charge in [-0.05, 0) is 18.1 Å². The minimum atomic E-state index is 0.336. The molecule has 1 fully saturated rings. The normalized spacial score (nSPS) is 23.7. The van der Waals surface area contributed by atoms with Crippen LogP contribution in [-0.4, -0.2) is 25.9 Å². The Hall–Kier alpha value is -1.06. The van der Waals surface area contributed by atoms with E-state index in [-0.39, 0.29) is 0 Å². The summed E-state index contributed by atoms with van der Waals surface area (Å²) in [5, 5.41) is 1.98. The number of hydrogen-bond acceptors (Lipinski definition) is 3. The Balaban J connectivity index is 1.70. The molecule has 2 heterocycles. The molecule has 0 amide bonds. The number of epoxide rings is 1. The first kappa shape index (κ1) is 8.26. The molecule has 2 aliphatic heterocycles. The van der Waals surface area contributed by atoms with Gasteiger partial charge in [-0.1, -0.05) is 18.2 Å². The molecule has 0 N–H and O–H groups in total. The maximum Gasteiger partial charge on any atom is 0.107 e. The molecule has 14 heavy (non-hydrogen) atoms. The maximum atomic E-state index is 5.66. The van der Waals surface area contributed by atoms with Crippen LogP contribution in [0.3, 0.4) is 0 Å². The Morgan fingerprint density at radius 2 is 2.29 bits per heavy atom. The number of benzene rings is 1. The van der Waals surface area contributed by atoms with Crippen LogP contribution in [-0.2, 0) is 16.0 Å². The van der Waals surface area contributed by atoms with Crippen LogP contribution in [0.25, 0.3) is 0 Å². The number of hydrogen-bond donors (Lipinski definition) is 0. The third-order valence-electron chi connectivity index (χ3n) is 2.66. The minimum Gasteiger partial charge on any atom is -0.371 e. The summed E-state index contributed by atoms with van der Waals surface area (Å²) in [5.41, 5.74) is 2.59. The first-order valence-electron chi connectivity index (χ1n) is 5.03. The Labute approximate surface area is 83.2 Å². The molecule has 1 saturated heterocycles. The van der Waals surface area contributed by atoms with Gasteiger partial charge in [0.25, 0.3) is 0 Å². The van der Waals surface area contributed by atoms with Crippen molar-refractivity contribution in [3.63, 3.8) is 0 Å². The maximum absolute atomic E-state index is 5.66. The van der Waals surface area contributed by atoms with Crippen LogP contribution in [0.4, 0.5) is 5.69 Å². The molecular formula is C11H13NO2. The van der Waals surface area contributed by atoms with Crippen LogP contribution >= 0.6 is 0 Å². The summed E-state index contributed by atoms with van der Waals surface area (Å²) >= 11 is 0. The summed E-state index contributed by atoms with van der Waals surface area (Å²) in [6, 6.07) is 8.39. The van der Waals surface area contributed by atoms with Gasteiger partial charge in [0.2, 0.25) is 0 Å². The average Bonchev–Trinajstić information content (AvgIpc) is 2.96. The lowest BCUT2D eigenvalue weighted by Gasteiger charge is -2.17. The summed E-state index contributed by atoms with van der Waals surface area (Å²) in [4.78, 5) is 5.66. The lowest BCUT2D eigenvalue weighted by atomic mass is 10.2. The quantitative estimate of drug-likeness (QED) is 0.675. The van der Waals surface area contributed by atoms with Gasteiger partial charge < -0.3 is 4.74 Å². The molecule has 3 heteroatoms. The first-order chi connectivity index (χ1) is 6.93. The fourth-order valence-electron chi connectivity index (χ4n) is 1.78. The molecule has 0 bridgehead atoms. The number of ether oxygens (including phenoxy) is 1. The molecule has 1 unspecified atom stereocenters. The van der Waals surface area contributed by atoms with Crippen LogP contribution in [0.5, 0.6) is 0 Å². The van der Waals surface area contributed by atoms with Crippen LogP contribution in [0, 0.1) is 0 Å². The zero-order valence-corrected chi connectivity index (χ0v) is 7.98. The molecule has 74 valence electrons. The number of hydroxylamine groups is 1. The van der Waals surface area contributed by atoms with Gasteiger partial charge in [-0.3, -0.25) is 9.90 Å². The fourth-order valence-corrected chi connectivity index (χ4v) is 1.78. The van der Waals surface area contributed by atoms with E-state index in [1.54, 1.807) is 0 Å². The molecule has 0 radical (unpaired) electrons. The van der Waals surface area contributed by atoms with E-state index in [0.717, 1.165) is 19.6 Å². The van der Waals surface area contributed by atoms with Crippen molar-refractivity contribution in [3.8, 4) is 0 Å². The first-order valence-corrected chi connectivity index (χ1v) is 5.03. The molecule has 0 saturated carbocycles. The standard InChI is InChI=1S/C11H13NO2/c1-2-4-11-9(3-1)5-6-12(11)14-8-10-7-13-10/h1-4,10H,5-8H2. The summed E-state index contributed by atoms with van der Waals surface area (Å²) in [7, 11) is 0. The van der Waals surface area contributed by atoms with Gasteiger partial charge in [0, 0.05) is 6.54 Å². The Kier molecular flexibility index (Phi) is 1.92. The third-order valence-corrected chi connectivity index (χ3v) is 2.66. The monoisotopic (exact) mass is 191 g/mol. The van der Waals surface area contributed by atoms with Crippen molar-refractivity contribution in [2.45, 2.75) is 12.5 Å². The van der Waals surface area contributed by atoms with Gasteiger partial charge in [-0.15, -0.1) is 0 Å². The van der Waals surface area contributed by atoms with Crippen molar-refractivity contribution in [2.24, 2.45) is 0 Å². The molecule has 0 aliphatic carbocycles. The van der Waals surface area contributed by atoms with E-state index >= 15 is 0 Å². The molecule has 2 aliphatic rings. The molecule has 0 spiro atoms. The number of para-hydroxylation sites is 1. The van der Waals surface area contributed by atoms with E-state index in [1.807, 2.05) is 11.1 Å². The van der Waals surface area contributed by atoms with Crippen molar-refractivity contribution in [3.05, 3.63) is 29.8 Å². The lowest BCUT2D eigenvalue weighted by Crippen LogP contribution is -2.23. The Morgan fingerprint density at radius 3 is 3.14 bits per heavy atom. The SMILES string of the molecule is c1ccc2c(c1)CCN2OCC1CO1. The molecule has 1 aromatic carbocycles. The van der Waals surface area contributed by atoms with Gasteiger partial charge in [0.05, 0.1) is 12.3 Å².